The number of para-hydroxylation sites is 2. The highest BCUT2D eigenvalue weighted by atomic mass is 32.1. The molecule has 0 saturated carbocycles. The third-order valence-corrected chi connectivity index (χ3v) is 4.94. The van der Waals surface area contributed by atoms with Gasteiger partial charge in [0, 0.05) is 5.38 Å². The Labute approximate surface area is 136 Å². The van der Waals surface area contributed by atoms with E-state index in [9.17, 15) is 4.79 Å². The van der Waals surface area contributed by atoms with Crippen LogP contribution in [0.1, 0.15) is 5.69 Å². The molecule has 2 aromatic heterocycles. The number of nitrogens with zero attached hydrogens (tertiary/aromatic N) is 1. The number of carbonyl (C=O) groups excluding carboxylic acids is 1. The lowest BCUT2D eigenvalue weighted by Gasteiger charge is -2.08. The third kappa shape index (κ3) is 3.35. The fourth-order valence-corrected chi connectivity index (χ4v) is 3.64. The van der Waals surface area contributed by atoms with Gasteiger partial charge in [-0.1, -0.05) is 18.2 Å². The lowest BCUT2D eigenvalue weighted by atomic mass is 10.2. The molecule has 3 rings (SSSR count). The molecule has 112 valence electrons. The smallest absolute Gasteiger partial charge is 0.230 e. The predicted octanol–water partition coefficient (Wildman–Crippen LogP) is 4.06. The summed E-state index contributed by atoms with van der Waals surface area (Å²) in [5.74, 6) is 0.543. The van der Waals surface area contributed by atoms with Crippen molar-refractivity contribution in [1.29, 1.82) is 0 Å². The number of anilines is 1. The van der Waals surface area contributed by atoms with Gasteiger partial charge < -0.3 is 10.1 Å². The zero-order valence-electron chi connectivity index (χ0n) is 11.9. The van der Waals surface area contributed by atoms with Crippen molar-refractivity contribution < 1.29 is 9.53 Å². The molecule has 0 aliphatic carbocycles. The molecule has 0 atom stereocenters. The molecule has 0 aliphatic heterocycles. The van der Waals surface area contributed by atoms with Crippen LogP contribution in [0.15, 0.2) is 47.2 Å². The number of nitrogens with one attached hydrogen (secondary N) is 1. The predicted molar refractivity (Wildman–Crippen MR) is 90.8 cm³/mol. The number of aromatic nitrogens is 1. The number of thiophene rings is 1. The molecule has 0 saturated heterocycles. The number of methoxy groups -OCH3 is 1. The maximum atomic E-state index is 12.1. The van der Waals surface area contributed by atoms with Crippen molar-refractivity contribution in [2.45, 2.75) is 6.42 Å². The van der Waals surface area contributed by atoms with Crippen LogP contribution in [0.4, 0.5) is 5.69 Å². The molecule has 0 spiro atoms. The van der Waals surface area contributed by atoms with Gasteiger partial charge in [0.1, 0.15) is 10.8 Å². The Morgan fingerprint density at radius 3 is 2.86 bits per heavy atom. The van der Waals surface area contributed by atoms with Crippen LogP contribution in [0.2, 0.25) is 0 Å². The normalized spacial score (nSPS) is 10.4. The van der Waals surface area contributed by atoms with E-state index in [1.54, 1.807) is 29.8 Å². The van der Waals surface area contributed by atoms with E-state index in [1.807, 2.05) is 47.2 Å². The highest BCUT2D eigenvalue weighted by Gasteiger charge is 2.11. The summed E-state index contributed by atoms with van der Waals surface area (Å²) in [5, 5.41) is 7.76. The van der Waals surface area contributed by atoms with Crippen LogP contribution in [0.25, 0.3) is 9.88 Å². The summed E-state index contributed by atoms with van der Waals surface area (Å²) in [6, 6.07) is 11.4. The highest BCUT2D eigenvalue weighted by molar-refractivity contribution is 7.20. The Balaban J connectivity index is 1.67. The van der Waals surface area contributed by atoms with Crippen LogP contribution >= 0.6 is 22.7 Å². The Morgan fingerprint density at radius 1 is 1.23 bits per heavy atom. The van der Waals surface area contributed by atoms with Crippen molar-refractivity contribution in [3.63, 3.8) is 0 Å². The highest BCUT2D eigenvalue weighted by Crippen LogP contribution is 2.28. The second-order valence-corrected chi connectivity index (χ2v) is 6.35. The van der Waals surface area contributed by atoms with Gasteiger partial charge in [-0.3, -0.25) is 4.79 Å². The van der Waals surface area contributed by atoms with E-state index in [4.69, 9.17) is 4.74 Å². The number of carbonyl (C=O) groups is 1. The average molecular weight is 330 g/mol. The molecule has 22 heavy (non-hydrogen) atoms. The summed E-state index contributed by atoms with van der Waals surface area (Å²) in [6.07, 6.45) is 0.250. The summed E-state index contributed by atoms with van der Waals surface area (Å²) in [5.41, 5.74) is 1.45. The maximum Gasteiger partial charge on any atom is 0.230 e. The van der Waals surface area contributed by atoms with Crippen molar-refractivity contribution in [3.05, 3.63) is 52.9 Å². The fourth-order valence-electron chi connectivity index (χ4n) is 2.01. The molecular weight excluding hydrogens is 316 g/mol. The Bertz CT molecular complexity index is 766. The van der Waals surface area contributed by atoms with Crippen molar-refractivity contribution in [2.75, 3.05) is 12.4 Å². The first-order chi connectivity index (χ1) is 10.8. The number of amides is 1. The Kier molecular flexibility index (Phi) is 4.50. The molecule has 2 heterocycles. The molecule has 6 heteroatoms. The minimum atomic E-state index is -0.104. The number of hydrogen-bond acceptors (Lipinski definition) is 5. The van der Waals surface area contributed by atoms with E-state index in [2.05, 4.69) is 10.3 Å². The lowest BCUT2D eigenvalue weighted by molar-refractivity contribution is -0.115. The van der Waals surface area contributed by atoms with E-state index < -0.39 is 0 Å². The first-order valence-corrected chi connectivity index (χ1v) is 8.43. The van der Waals surface area contributed by atoms with Crippen LogP contribution in [0.3, 0.4) is 0 Å². The van der Waals surface area contributed by atoms with Gasteiger partial charge in [0.2, 0.25) is 5.91 Å². The quantitative estimate of drug-likeness (QED) is 0.767. The van der Waals surface area contributed by atoms with Gasteiger partial charge in [0.05, 0.1) is 29.8 Å². The van der Waals surface area contributed by atoms with Crippen LogP contribution < -0.4 is 10.1 Å². The standard InChI is InChI=1S/C16H14N2O2S2/c1-20-13-6-3-2-5-12(13)18-15(19)9-11-10-22-16(17-11)14-7-4-8-21-14/h2-8,10H,9H2,1H3,(H,18,19). The number of thiazole rings is 1. The average Bonchev–Trinajstić information content (AvgIpc) is 3.18. The van der Waals surface area contributed by atoms with Gasteiger partial charge in [0.25, 0.3) is 0 Å². The van der Waals surface area contributed by atoms with Crippen LogP contribution in [0, 0.1) is 0 Å². The molecule has 0 aliphatic rings. The topological polar surface area (TPSA) is 51.2 Å². The first kappa shape index (κ1) is 14.7. The summed E-state index contributed by atoms with van der Waals surface area (Å²) in [4.78, 5) is 17.8. The lowest BCUT2D eigenvalue weighted by Crippen LogP contribution is -2.15. The molecule has 0 bridgehead atoms. The van der Waals surface area contributed by atoms with Gasteiger partial charge in [0.15, 0.2) is 0 Å². The summed E-state index contributed by atoms with van der Waals surface area (Å²) < 4.78 is 5.22. The number of rotatable bonds is 5. The molecule has 0 unspecified atom stereocenters. The number of ether oxygens (including phenoxy) is 1. The van der Waals surface area contributed by atoms with Gasteiger partial charge in [-0.05, 0) is 23.6 Å². The van der Waals surface area contributed by atoms with E-state index >= 15 is 0 Å². The minimum absolute atomic E-state index is 0.104. The zero-order chi connectivity index (χ0) is 15.4. The molecular formula is C16H14N2O2S2. The van der Waals surface area contributed by atoms with Gasteiger partial charge in [-0.25, -0.2) is 4.98 Å². The molecule has 0 radical (unpaired) electrons. The van der Waals surface area contributed by atoms with Crippen LogP contribution in [0.5, 0.6) is 5.75 Å². The van der Waals surface area contributed by atoms with Crippen molar-refractivity contribution in [3.8, 4) is 15.6 Å². The van der Waals surface area contributed by atoms with Crippen LogP contribution in [-0.2, 0) is 11.2 Å². The molecule has 0 fully saturated rings. The SMILES string of the molecule is COc1ccccc1NC(=O)Cc1csc(-c2cccs2)n1. The molecule has 1 amide bonds. The fraction of sp³-hybridized carbons (Fsp3) is 0.125. The monoisotopic (exact) mass is 330 g/mol. The van der Waals surface area contributed by atoms with Crippen molar-refractivity contribution >= 4 is 34.3 Å². The second kappa shape index (κ2) is 6.72. The van der Waals surface area contributed by atoms with Gasteiger partial charge >= 0.3 is 0 Å². The Morgan fingerprint density at radius 2 is 2.09 bits per heavy atom. The van der Waals surface area contributed by atoms with E-state index in [-0.39, 0.29) is 12.3 Å². The van der Waals surface area contributed by atoms with E-state index in [0.29, 0.717) is 11.4 Å². The Hall–Kier alpha value is -2.18. The largest absolute Gasteiger partial charge is 0.495 e. The molecule has 1 N–H and O–H groups in total. The van der Waals surface area contributed by atoms with Crippen molar-refractivity contribution in [1.82, 2.24) is 4.98 Å². The molecule has 4 nitrogen and oxygen atoms in total. The van der Waals surface area contributed by atoms with Gasteiger partial charge in [-0.15, -0.1) is 22.7 Å². The summed E-state index contributed by atoms with van der Waals surface area (Å²) >= 11 is 3.20. The van der Waals surface area contributed by atoms with Crippen molar-refractivity contribution in [2.24, 2.45) is 0 Å². The number of hydrogen-bond donors (Lipinski definition) is 1. The minimum Gasteiger partial charge on any atom is -0.495 e. The number of benzene rings is 1. The van der Waals surface area contributed by atoms with Gasteiger partial charge in [-0.2, -0.15) is 0 Å². The van der Waals surface area contributed by atoms with E-state index in [0.717, 1.165) is 15.6 Å². The first-order valence-electron chi connectivity index (χ1n) is 6.67. The van der Waals surface area contributed by atoms with E-state index in [1.165, 1.54) is 0 Å². The second-order valence-electron chi connectivity index (χ2n) is 4.55. The zero-order valence-corrected chi connectivity index (χ0v) is 13.5. The summed E-state index contributed by atoms with van der Waals surface area (Å²) in [6.45, 7) is 0. The van der Waals surface area contributed by atoms with Crippen LogP contribution in [-0.4, -0.2) is 18.0 Å². The maximum absolute atomic E-state index is 12.1. The third-order valence-electron chi connectivity index (χ3n) is 3.01. The molecule has 3 aromatic rings. The molecule has 1 aromatic carbocycles. The summed E-state index contributed by atoms with van der Waals surface area (Å²) in [7, 11) is 1.58.